The molecular weight excluding hydrogens is 334 g/mol. The van der Waals surface area contributed by atoms with Gasteiger partial charge in [-0.2, -0.15) is 0 Å². The van der Waals surface area contributed by atoms with Crippen LogP contribution in [0.4, 0.5) is 5.69 Å². The third-order valence-electron chi connectivity index (χ3n) is 4.54. The fraction of sp³-hybridized carbons (Fsp3) is 0.421. The Morgan fingerprint density at radius 3 is 2.76 bits per heavy atom. The first-order valence-electron chi connectivity index (χ1n) is 8.33. The van der Waals surface area contributed by atoms with E-state index in [-0.39, 0.29) is 11.4 Å². The SMILES string of the molecule is COc1ccc2c(c1)N(C(=O)CSc1ncccn1)C(C)(C)C[C@@H]2C. The van der Waals surface area contributed by atoms with Crippen molar-refractivity contribution in [2.75, 3.05) is 17.8 Å². The molecule has 1 aliphatic rings. The summed E-state index contributed by atoms with van der Waals surface area (Å²) in [4.78, 5) is 23.3. The average Bonchev–Trinajstić information content (AvgIpc) is 2.59. The number of amides is 1. The Bertz CT molecular complexity index is 765. The van der Waals surface area contributed by atoms with E-state index in [1.165, 1.54) is 17.3 Å². The molecule has 1 atom stereocenters. The first-order chi connectivity index (χ1) is 11.9. The van der Waals surface area contributed by atoms with Crippen LogP contribution < -0.4 is 9.64 Å². The van der Waals surface area contributed by atoms with Gasteiger partial charge in [-0.25, -0.2) is 9.97 Å². The molecule has 0 radical (unpaired) electrons. The van der Waals surface area contributed by atoms with Crippen molar-refractivity contribution < 1.29 is 9.53 Å². The van der Waals surface area contributed by atoms with Crippen molar-refractivity contribution in [3.05, 3.63) is 42.2 Å². The fourth-order valence-corrected chi connectivity index (χ4v) is 4.21. The fourth-order valence-electron chi connectivity index (χ4n) is 3.56. The smallest absolute Gasteiger partial charge is 0.237 e. The minimum Gasteiger partial charge on any atom is -0.497 e. The summed E-state index contributed by atoms with van der Waals surface area (Å²) in [7, 11) is 1.65. The standard InChI is InChI=1S/C19H23N3O2S/c1-13-11-19(2,3)22(16-10-14(24-4)6-7-15(13)16)17(23)12-25-18-20-8-5-9-21-18/h5-10,13H,11-12H2,1-4H3/t13-/m0/s1. The Morgan fingerprint density at radius 1 is 1.36 bits per heavy atom. The number of thioether (sulfide) groups is 1. The number of fused-ring (bicyclic) bond motifs is 1. The van der Waals surface area contributed by atoms with Crippen molar-refractivity contribution >= 4 is 23.4 Å². The zero-order valence-electron chi connectivity index (χ0n) is 15.0. The Kier molecular flexibility index (Phi) is 4.99. The van der Waals surface area contributed by atoms with Crippen LogP contribution in [0.15, 0.2) is 41.8 Å². The second-order valence-corrected chi connectivity index (χ2v) is 7.83. The highest BCUT2D eigenvalue weighted by molar-refractivity contribution is 7.99. The van der Waals surface area contributed by atoms with Gasteiger partial charge in [0.2, 0.25) is 5.91 Å². The van der Waals surface area contributed by atoms with Gasteiger partial charge in [-0.05, 0) is 43.9 Å². The quantitative estimate of drug-likeness (QED) is 0.614. The molecule has 0 bridgehead atoms. The van der Waals surface area contributed by atoms with Gasteiger partial charge < -0.3 is 9.64 Å². The van der Waals surface area contributed by atoms with Crippen LogP contribution in [0.25, 0.3) is 0 Å². The van der Waals surface area contributed by atoms with E-state index in [1.807, 2.05) is 17.0 Å². The number of hydrogen-bond acceptors (Lipinski definition) is 5. The van der Waals surface area contributed by atoms with Crippen LogP contribution in [0.3, 0.4) is 0 Å². The van der Waals surface area contributed by atoms with Crippen LogP contribution >= 0.6 is 11.8 Å². The maximum atomic E-state index is 13.1. The van der Waals surface area contributed by atoms with E-state index in [4.69, 9.17) is 4.74 Å². The first kappa shape index (κ1) is 17.7. The molecule has 1 aromatic heterocycles. The third kappa shape index (κ3) is 3.63. The Labute approximate surface area is 152 Å². The summed E-state index contributed by atoms with van der Waals surface area (Å²) in [6.45, 7) is 6.45. The number of ether oxygens (including phenoxy) is 1. The maximum Gasteiger partial charge on any atom is 0.237 e. The molecule has 3 rings (SSSR count). The van der Waals surface area contributed by atoms with Crippen molar-refractivity contribution in [2.24, 2.45) is 0 Å². The number of rotatable bonds is 4. The van der Waals surface area contributed by atoms with Crippen LogP contribution in [0.1, 0.15) is 38.7 Å². The van der Waals surface area contributed by atoms with E-state index >= 15 is 0 Å². The van der Waals surface area contributed by atoms with Crippen LogP contribution in [0, 0.1) is 0 Å². The molecule has 1 aromatic carbocycles. The molecule has 2 aromatic rings. The number of anilines is 1. The normalized spacial score (nSPS) is 18.6. The van der Waals surface area contributed by atoms with Crippen molar-refractivity contribution in [2.45, 2.75) is 43.8 Å². The summed E-state index contributed by atoms with van der Waals surface area (Å²) in [5.74, 6) is 1.52. The zero-order valence-corrected chi connectivity index (χ0v) is 15.8. The van der Waals surface area contributed by atoms with E-state index in [1.54, 1.807) is 25.6 Å². The van der Waals surface area contributed by atoms with Crippen molar-refractivity contribution in [3.8, 4) is 5.75 Å². The highest BCUT2D eigenvalue weighted by atomic mass is 32.2. The lowest BCUT2D eigenvalue weighted by atomic mass is 9.80. The molecule has 0 unspecified atom stereocenters. The van der Waals surface area contributed by atoms with E-state index in [0.717, 1.165) is 17.9 Å². The molecular formula is C19H23N3O2S. The molecule has 0 saturated heterocycles. The molecule has 0 saturated carbocycles. The number of benzene rings is 1. The Morgan fingerprint density at radius 2 is 2.08 bits per heavy atom. The van der Waals surface area contributed by atoms with Crippen LogP contribution in [-0.4, -0.2) is 34.3 Å². The lowest BCUT2D eigenvalue weighted by Crippen LogP contribution is -2.52. The summed E-state index contributed by atoms with van der Waals surface area (Å²) in [6, 6.07) is 7.77. The monoisotopic (exact) mass is 357 g/mol. The molecule has 1 amide bonds. The summed E-state index contributed by atoms with van der Waals surface area (Å²) in [6.07, 6.45) is 4.30. The van der Waals surface area contributed by atoms with Crippen LogP contribution in [-0.2, 0) is 4.79 Å². The van der Waals surface area contributed by atoms with Gasteiger partial charge in [-0.1, -0.05) is 24.8 Å². The van der Waals surface area contributed by atoms with E-state index in [9.17, 15) is 4.79 Å². The molecule has 0 fully saturated rings. The molecule has 0 aliphatic carbocycles. The molecule has 132 valence electrons. The Balaban J connectivity index is 1.90. The summed E-state index contributed by atoms with van der Waals surface area (Å²) < 4.78 is 5.38. The van der Waals surface area contributed by atoms with Crippen molar-refractivity contribution in [3.63, 3.8) is 0 Å². The number of hydrogen-bond donors (Lipinski definition) is 0. The van der Waals surface area contributed by atoms with Gasteiger partial charge in [0.05, 0.1) is 18.6 Å². The molecule has 6 heteroatoms. The number of nitrogens with zero attached hydrogens (tertiary/aromatic N) is 3. The van der Waals surface area contributed by atoms with Gasteiger partial charge in [-0.3, -0.25) is 4.79 Å². The van der Waals surface area contributed by atoms with Gasteiger partial charge in [0.15, 0.2) is 5.16 Å². The average molecular weight is 357 g/mol. The third-order valence-corrected chi connectivity index (χ3v) is 5.40. The second kappa shape index (κ2) is 7.04. The zero-order chi connectivity index (χ0) is 18.0. The summed E-state index contributed by atoms with van der Waals surface area (Å²) in [5.41, 5.74) is 1.88. The van der Waals surface area contributed by atoms with Crippen LogP contribution in [0.2, 0.25) is 0 Å². The van der Waals surface area contributed by atoms with Gasteiger partial charge >= 0.3 is 0 Å². The number of carbonyl (C=O) groups excluding carboxylic acids is 1. The number of methoxy groups -OCH3 is 1. The van der Waals surface area contributed by atoms with Crippen molar-refractivity contribution in [1.29, 1.82) is 0 Å². The van der Waals surface area contributed by atoms with Gasteiger partial charge in [0.25, 0.3) is 0 Å². The molecule has 0 N–H and O–H groups in total. The predicted molar refractivity (Wildman–Crippen MR) is 100 cm³/mol. The van der Waals surface area contributed by atoms with E-state index < -0.39 is 0 Å². The first-order valence-corrected chi connectivity index (χ1v) is 9.32. The van der Waals surface area contributed by atoms with Gasteiger partial charge in [0, 0.05) is 24.0 Å². The number of carbonyl (C=O) groups is 1. The van der Waals surface area contributed by atoms with Gasteiger partial charge in [0.1, 0.15) is 5.75 Å². The second-order valence-electron chi connectivity index (χ2n) is 6.89. The lowest BCUT2D eigenvalue weighted by Gasteiger charge is -2.46. The molecule has 2 heterocycles. The van der Waals surface area contributed by atoms with Gasteiger partial charge in [-0.15, -0.1) is 0 Å². The molecule has 5 nitrogen and oxygen atoms in total. The lowest BCUT2D eigenvalue weighted by molar-refractivity contribution is -0.117. The van der Waals surface area contributed by atoms with E-state index in [0.29, 0.717) is 16.8 Å². The highest BCUT2D eigenvalue weighted by Crippen LogP contribution is 2.45. The number of aromatic nitrogens is 2. The summed E-state index contributed by atoms with van der Waals surface area (Å²) >= 11 is 1.36. The largest absolute Gasteiger partial charge is 0.497 e. The predicted octanol–water partition coefficient (Wildman–Crippen LogP) is 3.90. The van der Waals surface area contributed by atoms with E-state index in [2.05, 4.69) is 36.8 Å². The highest BCUT2D eigenvalue weighted by Gasteiger charge is 2.40. The Hall–Kier alpha value is -2.08. The van der Waals surface area contributed by atoms with Crippen molar-refractivity contribution in [1.82, 2.24) is 9.97 Å². The summed E-state index contributed by atoms with van der Waals surface area (Å²) in [5, 5.41) is 0.616. The van der Waals surface area contributed by atoms with Crippen LogP contribution in [0.5, 0.6) is 5.75 Å². The molecule has 1 aliphatic heterocycles. The topological polar surface area (TPSA) is 55.3 Å². The minimum atomic E-state index is -0.256. The maximum absolute atomic E-state index is 13.1. The molecule has 0 spiro atoms. The minimum absolute atomic E-state index is 0.0591. The molecule has 25 heavy (non-hydrogen) atoms.